The molecular formula is C28H33N5OS. The normalized spacial score (nSPS) is 16.6. The average Bonchev–Trinajstić information content (AvgIpc) is 3.47. The molecule has 0 radical (unpaired) electrons. The van der Waals surface area contributed by atoms with Crippen molar-refractivity contribution >= 4 is 23.5 Å². The average molecular weight is 488 g/mol. The highest BCUT2D eigenvalue weighted by Gasteiger charge is 2.20. The quantitative estimate of drug-likeness (QED) is 0.352. The molecule has 35 heavy (non-hydrogen) atoms. The van der Waals surface area contributed by atoms with E-state index in [1.807, 2.05) is 23.1 Å². The molecule has 182 valence electrons. The van der Waals surface area contributed by atoms with E-state index in [0.29, 0.717) is 0 Å². The van der Waals surface area contributed by atoms with Gasteiger partial charge in [-0.05, 0) is 37.1 Å². The predicted molar refractivity (Wildman–Crippen MR) is 143 cm³/mol. The Kier molecular flexibility index (Phi) is 7.64. The third-order valence-electron chi connectivity index (χ3n) is 6.87. The van der Waals surface area contributed by atoms with E-state index in [2.05, 4.69) is 59.2 Å². The Hall–Kier alpha value is -2.90. The summed E-state index contributed by atoms with van der Waals surface area (Å²) in [5.74, 6) is 1.91. The number of hydrogen-bond acceptors (Lipinski definition) is 6. The number of piperazine rings is 1. The molecule has 0 unspecified atom stereocenters. The number of anilines is 1. The lowest BCUT2D eigenvalue weighted by atomic mass is 10.1. The van der Waals surface area contributed by atoms with Crippen LogP contribution in [0.25, 0.3) is 11.3 Å². The molecule has 3 heterocycles. The molecule has 2 aromatic carbocycles. The second kappa shape index (κ2) is 11.2. The first kappa shape index (κ1) is 23.8. The number of benzene rings is 2. The zero-order valence-corrected chi connectivity index (χ0v) is 21.2. The molecule has 6 nitrogen and oxygen atoms in total. The van der Waals surface area contributed by atoms with Crippen LogP contribution in [-0.4, -0.2) is 71.5 Å². The Labute approximate surface area is 212 Å². The molecule has 2 aliphatic heterocycles. The zero-order valence-electron chi connectivity index (χ0n) is 20.4. The number of carbonyl (C=O) groups is 1. The van der Waals surface area contributed by atoms with Crippen molar-refractivity contribution in [2.24, 2.45) is 0 Å². The van der Waals surface area contributed by atoms with Crippen LogP contribution in [0.15, 0.2) is 65.8 Å². The fraction of sp³-hybridized carbons (Fsp3) is 0.393. The molecule has 0 spiro atoms. The number of likely N-dealkylation sites (tertiary alicyclic amines) is 1. The first-order valence-corrected chi connectivity index (χ1v) is 13.6. The van der Waals surface area contributed by atoms with Crippen LogP contribution in [0.4, 0.5) is 5.82 Å². The molecule has 2 aliphatic rings. The van der Waals surface area contributed by atoms with E-state index in [0.717, 1.165) is 92.2 Å². The zero-order chi connectivity index (χ0) is 24.0. The van der Waals surface area contributed by atoms with E-state index >= 15 is 0 Å². The van der Waals surface area contributed by atoms with Gasteiger partial charge in [0.1, 0.15) is 5.82 Å². The number of rotatable bonds is 7. The molecule has 0 aliphatic carbocycles. The van der Waals surface area contributed by atoms with Crippen molar-refractivity contribution in [3.63, 3.8) is 0 Å². The number of carbonyl (C=O) groups excluding carboxylic acids is 1. The second-order valence-corrected chi connectivity index (χ2v) is 10.1. The van der Waals surface area contributed by atoms with Crippen LogP contribution in [0.1, 0.15) is 35.7 Å². The molecule has 1 aromatic heterocycles. The summed E-state index contributed by atoms with van der Waals surface area (Å²) in [5.41, 5.74) is 4.01. The van der Waals surface area contributed by atoms with Crippen molar-refractivity contribution in [2.45, 2.75) is 30.7 Å². The lowest BCUT2D eigenvalue weighted by Gasteiger charge is -2.35. The Balaban J connectivity index is 1.31. The first-order valence-electron chi connectivity index (χ1n) is 12.6. The van der Waals surface area contributed by atoms with E-state index in [9.17, 15) is 4.79 Å². The van der Waals surface area contributed by atoms with Crippen molar-refractivity contribution in [3.8, 4) is 11.3 Å². The summed E-state index contributed by atoms with van der Waals surface area (Å²) in [7, 11) is 0. The predicted octanol–water partition coefficient (Wildman–Crippen LogP) is 4.81. The van der Waals surface area contributed by atoms with E-state index in [1.165, 1.54) is 5.56 Å². The van der Waals surface area contributed by atoms with E-state index in [4.69, 9.17) is 9.97 Å². The standard InChI is InChI=1S/C28H33N5OS/c1-2-31-16-18-32(19-17-31)26-20-25(23-8-4-3-5-9-23)29-28(30-26)35-21-22-10-12-24(13-11-22)27(34)33-14-6-7-15-33/h3-5,8-13,20H,2,6-7,14-19,21H2,1H3. The molecule has 5 rings (SSSR count). The van der Waals surface area contributed by atoms with Crippen molar-refractivity contribution in [3.05, 3.63) is 71.8 Å². The number of aromatic nitrogens is 2. The highest BCUT2D eigenvalue weighted by molar-refractivity contribution is 7.98. The molecule has 0 N–H and O–H groups in total. The largest absolute Gasteiger partial charge is 0.354 e. The summed E-state index contributed by atoms with van der Waals surface area (Å²) in [6.45, 7) is 9.15. The maximum absolute atomic E-state index is 12.6. The number of hydrogen-bond donors (Lipinski definition) is 0. The van der Waals surface area contributed by atoms with Crippen LogP contribution >= 0.6 is 11.8 Å². The van der Waals surface area contributed by atoms with Crippen molar-refractivity contribution in [1.82, 2.24) is 19.8 Å². The van der Waals surface area contributed by atoms with Crippen LogP contribution in [0.3, 0.4) is 0 Å². The van der Waals surface area contributed by atoms with Crippen molar-refractivity contribution in [2.75, 3.05) is 50.7 Å². The number of nitrogens with zero attached hydrogens (tertiary/aromatic N) is 5. The summed E-state index contributed by atoms with van der Waals surface area (Å²) in [6, 6.07) is 20.5. The van der Waals surface area contributed by atoms with Crippen LogP contribution in [0, 0.1) is 0 Å². The molecule has 0 atom stereocenters. The van der Waals surface area contributed by atoms with Gasteiger partial charge in [-0.2, -0.15) is 0 Å². The molecule has 7 heteroatoms. The lowest BCUT2D eigenvalue weighted by molar-refractivity contribution is 0.0793. The molecule has 2 fully saturated rings. The van der Waals surface area contributed by atoms with Gasteiger partial charge in [-0.1, -0.05) is 61.2 Å². The minimum Gasteiger partial charge on any atom is -0.354 e. The van der Waals surface area contributed by atoms with Gasteiger partial charge < -0.3 is 14.7 Å². The van der Waals surface area contributed by atoms with Gasteiger partial charge in [0.05, 0.1) is 5.69 Å². The third-order valence-corrected chi connectivity index (χ3v) is 7.79. The summed E-state index contributed by atoms with van der Waals surface area (Å²) in [6.07, 6.45) is 2.22. The first-order chi connectivity index (χ1) is 17.2. The smallest absolute Gasteiger partial charge is 0.253 e. The Morgan fingerprint density at radius 1 is 0.886 bits per heavy atom. The summed E-state index contributed by atoms with van der Waals surface area (Å²) < 4.78 is 0. The van der Waals surface area contributed by atoms with E-state index in [-0.39, 0.29) is 5.91 Å². The number of thioether (sulfide) groups is 1. The topological polar surface area (TPSA) is 52.6 Å². The van der Waals surface area contributed by atoms with Gasteiger partial charge in [-0.3, -0.25) is 4.79 Å². The van der Waals surface area contributed by atoms with Gasteiger partial charge in [0, 0.05) is 62.2 Å². The van der Waals surface area contributed by atoms with Gasteiger partial charge >= 0.3 is 0 Å². The molecule has 1 amide bonds. The van der Waals surface area contributed by atoms with Gasteiger partial charge in [0.25, 0.3) is 5.91 Å². The monoisotopic (exact) mass is 487 g/mol. The Morgan fingerprint density at radius 2 is 1.60 bits per heavy atom. The van der Waals surface area contributed by atoms with Crippen LogP contribution in [-0.2, 0) is 5.75 Å². The highest BCUT2D eigenvalue weighted by Crippen LogP contribution is 2.28. The minimum atomic E-state index is 0.147. The van der Waals surface area contributed by atoms with E-state index < -0.39 is 0 Å². The van der Waals surface area contributed by atoms with Gasteiger partial charge in [-0.25, -0.2) is 9.97 Å². The third kappa shape index (κ3) is 5.85. The Bertz CT molecular complexity index is 1120. The lowest BCUT2D eigenvalue weighted by Crippen LogP contribution is -2.46. The fourth-order valence-electron chi connectivity index (χ4n) is 4.68. The number of likely N-dealkylation sites (N-methyl/N-ethyl adjacent to an activating group) is 1. The molecular weight excluding hydrogens is 454 g/mol. The van der Waals surface area contributed by atoms with Crippen molar-refractivity contribution in [1.29, 1.82) is 0 Å². The molecule has 3 aromatic rings. The maximum atomic E-state index is 12.6. The van der Waals surface area contributed by atoms with Crippen LogP contribution < -0.4 is 4.90 Å². The van der Waals surface area contributed by atoms with Gasteiger partial charge in [0.15, 0.2) is 5.16 Å². The summed E-state index contributed by atoms with van der Waals surface area (Å²) in [4.78, 5) is 29.3. The second-order valence-electron chi connectivity index (χ2n) is 9.17. The molecule has 2 saturated heterocycles. The molecule has 0 saturated carbocycles. The van der Waals surface area contributed by atoms with Gasteiger partial charge in [-0.15, -0.1) is 0 Å². The van der Waals surface area contributed by atoms with E-state index in [1.54, 1.807) is 11.8 Å². The minimum absolute atomic E-state index is 0.147. The SMILES string of the molecule is CCN1CCN(c2cc(-c3ccccc3)nc(SCc3ccc(C(=O)N4CCCC4)cc3)n2)CC1. The Morgan fingerprint density at radius 3 is 2.29 bits per heavy atom. The van der Waals surface area contributed by atoms with Crippen LogP contribution in [0.5, 0.6) is 0 Å². The summed E-state index contributed by atoms with van der Waals surface area (Å²) in [5, 5.41) is 0.788. The van der Waals surface area contributed by atoms with Gasteiger partial charge in [0.2, 0.25) is 0 Å². The number of amides is 1. The fourth-order valence-corrected chi connectivity index (χ4v) is 5.49. The maximum Gasteiger partial charge on any atom is 0.253 e. The highest BCUT2D eigenvalue weighted by atomic mass is 32.2. The molecule has 0 bridgehead atoms. The van der Waals surface area contributed by atoms with Crippen LogP contribution in [0.2, 0.25) is 0 Å². The summed E-state index contributed by atoms with van der Waals surface area (Å²) >= 11 is 1.65. The van der Waals surface area contributed by atoms with Crippen molar-refractivity contribution < 1.29 is 4.79 Å².